The summed E-state index contributed by atoms with van der Waals surface area (Å²) in [5.74, 6) is -1.22. The van der Waals surface area contributed by atoms with Gasteiger partial charge in [-0.25, -0.2) is 4.79 Å². The SMILES string of the molecule is CC(=O)NC[C@@H]1CCN(C(=O)NC2=NC(C)C(c3ccnc(C(C)(C)C(F)(F)F)c3)S2)[C@@H]1C(N)=O. The number of carbonyl (C=O) groups is 3. The summed E-state index contributed by atoms with van der Waals surface area (Å²) in [6, 6.07) is 1.32. The van der Waals surface area contributed by atoms with Crippen LogP contribution in [0.15, 0.2) is 23.3 Å². The van der Waals surface area contributed by atoms with Gasteiger partial charge in [0.05, 0.1) is 17.0 Å². The van der Waals surface area contributed by atoms with Crippen LogP contribution in [0.4, 0.5) is 18.0 Å². The molecular weight excluding hydrogens is 485 g/mol. The number of amides is 4. The predicted molar refractivity (Wildman–Crippen MR) is 126 cm³/mol. The van der Waals surface area contributed by atoms with Gasteiger partial charge in [0.25, 0.3) is 0 Å². The molecule has 35 heavy (non-hydrogen) atoms. The average molecular weight is 515 g/mol. The van der Waals surface area contributed by atoms with Gasteiger partial charge in [-0.3, -0.25) is 24.9 Å². The van der Waals surface area contributed by atoms with Crippen molar-refractivity contribution in [3.8, 4) is 0 Å². The summed E-state index contributed by atoms with van der Waals surface area (Å²) in [6.07, 6.45) is -2.62. The number of nitrogens with one attached hydrogen (secondary N) is 2. The average Bonchev–Trinajstić information content (AvgIpc) is 3.35. The Balaban J connectivity index is 1.70. The van der Waals surface area contributed by atoms with E-state index < -0.39 is 29.6 Å². The highest BCUT2D eigenvalue weighted by molar-refractivity contribution is 8.14. The number of urea groups is 1. The third-order valence-corrected chi connectivity index (χ3v) is 7.71. The molecule has 1 saturated heterocycles. The predicted octanol–water partition coefficient (Wildman–Crippen LogP) is 2.48. The van der Waals surface area contributed by atoms with E-state index in [1.807, 2.05) is 0 Å². The number of primary amides is 1. The van der Waals surface area contributed by atoms with Crippen molar-refractivity contribution in [2.75, 3.05) is 13.1 Å². The van der Waals surface area contributed by atoms with Crippen molar-refractivity contribution in [3.63, 3.8) is 0 Å². The lowest BCUT2D eigenvalue weighted by Crippen LogP contribution is -2.52. The number of nitrogens with two attached hydrogens (primary N) is 1. The molecule has 0 radical (unpaired) electrons. The van der Waals surface area contributed by atoms with Crippen molar-refractivity contribution in [2.24, 2.45) is 16.6 Å². The van der Waals surface area contributed by atoms with Crippen molar-refractivity contribution in [1.29, 1.82) is 0 Å². The molecule has 1 aromatic rings. The van der Waals surface area contributed by atoms with Crippen molar-refractivity contribution < 1.29 is 27.6 Å². The van der Waals surface area contributed by atoms with Gasteiger partial charge in [0, 0.05) is 32.1 Å². The molecule has 2 aliphatic heterocycles. The first-order chi connectivity index (χ1) is 16.2. The van der Waals surface area contributed by atoms with E-state index in [9.17, 15) is 27.6 Å². The van der Waals surface area contributed by atoms with Crippen LogP contribution in [-0.2, 0) is 15.0 Å². The Bertz CT molecular complexity index is 1030. The number of aliphatic imine (C=N–C) groups is 1. The van der Waals surface area contributed by atoms with Gasteiger partial charge >= 0.3 is 12.2 Å². The summed E-state index contributed by atoms with van der Waals surface area (Å²) in [6.45, 7) is 5.83. The zero-order chi connectivity index (χ0) is 26.1. The molecule has 4 atom stereocenters. The molecule has 2 aliphatic rings. The van der Waals surface area contributed by atoms with E-state index in [4.69, 9.17) is 5.73 Å². The summed E-state index contributed by atoms with van der Waals surface area (Å²) in [4.78, 5) is 45.9. The molecule has 192 valence electrons. The van der Waals surface area contributed by atoms with E-state index in [2.05, 4.69) is 20.6 Å². The topological polar surface area (TPSA) is 130 Å². The third kappa shape index (κ3) is 5.71. The van der Waals surface area contributed by atoms with Gasteiger partial charge in [0.2, 0.25) is 11.8 Å². The summed E-state index contributed by atoms with van der Waals surface area (Å²) < 4.78 is 40.5. The number of aromatic nitrogens is 1. The monoisotopic (exact) mass is 514 g/mol. The number of pyridine rings is 1. The summed E-state index contributed by atoms with van der Waals surface area (Å²) in [7, 11) is 0. The molecule has 1 fully saturated rings. The minimum absolute atomic E-state index is 0.0978. The molecule has 2 unspecified atom stereocenters. The maximum Gasteiger partial charge on any atom is 0.399 e. The number of likely N-dealkylation sites (tertiary alicyclic amines) is 1. The van der Waals surface area contributed by atoms with Crippen LogP contribution in [0.2, 0.25) is 0 Å². The lowest BCUT2D eigenvalue weighted by Gasteiger charge is -2.28. The van der Waals surface area contributed by atoms with E-state index in [1.54, 1.807) is 13.0 Å². The van der Waals surface area contributed by atoms with Crippen LogP contribution >= 0.6 is 11.8 Å². The zero-order valence-electron chi connectivity index (χ0n) is 19.8. The van der Waals surface area contributed by atoms with Gasteiger partial charge in [-0.05, 0) is 44.9 Å². The van der Waals surface area contributed by atoms with Crippen LogP contribution in [0.25, 0.3) is 0 Å². The van der Waals surface area contributed by atoms with Crippen LogP contribution in [-0.4, -0.2) is 64.2 Å². The van der Waals surface area contributed by atoms with Crippen molar-refractivity contribution in [2.45, 2.75) is 63.0 Å². The van der Waals surface area contributed by atoms with Gasteiger partial charge in [0.15, 0.2) is 5.17 Å². The van der Waals surface area contributed by atoms with Crippen LogP contribution in [0.1, 0.15) is 50.6 Å². The van der Waals surface area contributed by atoms with Crippen LogP contribution < -0.4 is 16.4 Å². The fourth-order valence-corrected chi connectivity index (χ4v) is 5.30. The van der Waals surface area contributed by atoms with Crippen molar-refractivity contribution in [1.82, 2.24) is 20.5 Å². The normalized spacial score (nSPS) is 24.8. The smallest absolute Gasteiger partial charge is 0.368 e. The number of carbonyl (C=O) groups excluding carboxylic acids is 3. The first kappa shape index (κ1) is 26.8. The number of thioether (sulfide) groups is 1. The summed E-state index contributed by atoms with van der Waals surface area (Å²) in [5.41, 5.74) is 3.93. The highest BCUT2D eigenvalue weighted by atomic mass is 32.2. The maximum absolute atomic E-state index is 13.5. The first-order valence-electron chi connectivity index (χ1n) is 11.1. The Labute approximate surface area is 205 Å². The van der Waals surface area contributed by atoms with Gasteiger partial charge in [0.1, 0.15) is 11.5 Å². The standard InChI is InChI=1S/C22H29F3N6O3S/c1-11-17(13-5-7-27-15(9-13)21(3,4)22(23,24)25)35-19(29-11)30-20(34)31-8-6-14(10-28-12(2)32)16(31)18(26)33/h5,7,9,11,14,16-17H,6,8,10H2,1-4H3,(H2,26,33)(H,28,32)(H,29,30,34)/t11?,14-,16-,17?/m0/s1. The zero-order valence-corrected chi connectivity index (χ0v) is 20.7. The Morgan fingerprint density at radius 3 is 2.57 bits per heavy atom. The van der Waals surface area contributed by atoms with E-state index in [0.29, 0.717) is 17.2 Å². The van der Waals surface area contributed by atoms with E-state index in [-0.39, 0.29) is 41.9 Å². The van der Waals surface area contributed by atoms with E-state index >= 15 is 0 Å². The maximum atomic E-state index is 13.5. The molecule has 3 heterocycles. The molecule has 3 rings (SSSR count). The molecule has 4 N–H and O–H groups in total. The third-order valence-electron chi connectivity index (χ3n) is 6.36. The molecular formula is C22H29F3N6O3S. The molecule has 4 amide bonds. The fourth-order valence-electron chi connectivity index (χ4n) is 4.14. The van der Waals surface area contributed by atoms with Gasteiger partial charge in [-0.15, -0.1) is 0 Å². The lowest BCUT2D eigenvalue weighted by molar-refractivity contribution is -0.181. The van der Waals surface area contributed by atoms with Crippen molar-refractivity contribution >= 4 is 34.8 Å². The summed E-state index contributed by atoms with van der Waals surface area (Å²) in [5, 5.41) is 5.33. The molecule has 9 nitrogen and oxygen atoms in total. The highest BCUT2D eigenvalue weighted by Crippen LogP contribution is 2.43. The Hall–Kier alpha value is -2.83. The quantitative estimate of drug-likeness (QED) is 0.556. The Morgan fingerprint density at radius 2 is 1.97 bits per heavy atom. The number of hydrogen-bond acceptors (Lipinski definition) is 6. The first-order valence-corrected chi connectivity index (χ1v) is 12.0. The molecule has 0 spiro atoms. The molecule has 0 aliphatic carbocycles. The molecule has 1 aromatic heterocycles. The Kier molecular flexibility index (Phi) is 7.68. The largest absolute Gasteiger partial charge is 0.399 e. The second-order valence-electron chi connectivity index (χ2n) is 9.27. The van der Waals surface area contributed by atoms with Gasteiger partial charge in [-0.2, -0.15) is 13.2 Å². The number of nitrogens with zero attached hydrogens (tertiary/aromatic N) is 3. The number of amidine groups is 1. The Morgan fingerprint density at radius 1 is 1.29 bits per heavy atom. The van der Waals surface area contributed by atoms with Crippen molar-refractivity contribution in [3.05, 3.63) is 29.6 Å². The minimum Gasteiger partial charge on any atom is -0.368 e. The molecule has 0 bridgehead atoms. The van der Waals surface area contributed by atoms with Gasteiger partial charge in [-0.1, -0.05) is 11.8 Å². The number of hydrogen-bond donors (Lipinski definition) is 3. The highest BCUT2D eigenvalue weighted by Gasteiger charge is 2.50. The van der Waals surface area contributed by atoms with Crippen LogP contribution in [0, 0.1) is 5.92 Å². The van der Waals surface area contributed by atoms with Gasteiger partial charge < -0.3 is 16.0 Å². The second kappa shape index (κ2) is 10.0. The molecule has 0 saturated carbocycles. The molecule has 0 aromatic carbocycles. The lowest BCUT2D eigenvalue weighted by atomic mass is 9.87. The number of rotatable bonds is 5. The van der Waals surface area contributed by atoms with Crippen LogP contribution in [0.3, 0.4) is 0 Å². The fraction of sp³-hybridized carbons (Fsp3) is 0.591. The second-order valence-corrected chi connectivity index (χ2v) is 10.4. The summed E-state index contributed by atoms with van der Waals surface area (Å²) >= 11 is 1.22. The number of alkyl halides is 3. The van der Waals surface area contributed by atoms with Crippen LogP contribution in [0.5, 0.6) is 0 Å². The molecule has 13 heteroatoms. The van der Waals surface area contributed by atoms with E-state index in [0.717, 1.165) is 13.8 Å². The minimum atomic E-state index is -4.47. The number of halogens is 3. The van der Waals surface area contributed by atoms with E-state index in [1.165, 1.54) is 35.8 Å².